The lowest BCUT2D eigenvalue weighted by Gasteiger charge is -2.70. The van der Waals surface area contributed by atoms with Gasteiger partial charge in [-0.05, 0) is 37.5 Å². The summed E-state index contributed by atoms with van der Waals surface area (Å²) in [6.45, 7) is -0.490. The van der Waals surface area contributed by atoms with E-state index in [9.17, 15) is 35.9 Å². The van der Waals surface area contributed by atoms with E-state index in [1.807, 2.05) is 0 Å². The van der Waals surface area contributed by atoms with E-state index in [4.69, 9.17) is 9.47 Å². The fourth-order valence-electron chi connectivity index (χ4n) is 5.18. The molecule has 0 radical (unpaired) electrons. The van der Waals surface area contributed by atoms with Crippen molar-refractivity contribution in [2.45, 2.75) is 61.8 Å². The van der Waals surface area contributed by atoms with E-state index in [1.165, 1.54) is 6.20 Å². The van der Waals surface area contributed by atoms with Crippen LogP contribution in [-0.2, 0) is 21.2 Å². The molecule has 3 aliphatic carbocycles. The maximum absolute atomic E-state index is 12.9. The largest absolute Gasteiger partial charge is 0.522 e. The molecule has 0 unspecified atom stereocenters. The Balaban J connectivity index is 1.11. The summed E-state index contributed by atoms with van der Waals surface area (Å²) in [5.74, 6) is -0.780. The molecule has 3 saturated carbocycles. The van der Waals surface area contributed by atoms with Crippen molar-refractivity contribution in [3.8, 4) is 11.5 Å². The Morgan fingerprint density at radius 2 is 1.89 bits per heavy atom. The Morgan fingerprint density at radius 3 is 2.57 bits per heavy atom. The molecule has 1 amide bonds. The first kappa shape index (κ1) is 25.4. The van der Waals surface area contributed by atoms with Gasteiger partial charge < -0.3 is 14.8 Å². The van der Waals surface area contributed by atoms with Gasteiger partial charge in [0.15, 0.2) is 17.6 Å². The van der Waals surface area contributed by atoms with Crippen LogP contribution in [0.25, 0.3) is 0 Å². The molecule has 3 fully saturated rings. The molecule has 1 aromatic heterocycles. The highest BCUT2D eigenvalue weighted by atomic mass is 19.4. The first-order valence-electron chi connectivity index (χ1n) is 11.4. The molecule has 4 aliphatic rings. The minimum Gasteiger partial charge on any atom is -0.490 e. The number of fused-ring (bicyclic) bond motifs is 1. The zero-order valence-electron chi connectivity index (χ0n) is 19.1. The minimum absolute atomic E-state index is 0.0233. The summed E-state index contributed by atoms with van der Waals surface area (Å²) in [6.07, 6.45) is -5.94. The first-order chi connectivity index (χ1) is 17.3. The normalized spacial score (nSPS) is 26.4. The molecule has 2 aromatic rings. The molecule has 0 saturated heterocycles. The van der Waals surface area contributed by atoms with Gasteiger partial charge in [0.1, 0.15) is 5.75 Å². The summed E-state index contributed by atoms with van der Waals surface area (Å²) in [5.41, 5.74) is -1.98. The lowest BCUT2D eigenvalue weighted by atomic mass is 9.44. The third-order valence-electron chi connectivity index (χ3n) is 6.80. The third kappa shape index (κ3) is 4.98. The Kier molecular flexibility index (Phi) is 5.92. The van der Waals surface area contributed by atoms with Gasteiger partial charge in [0, 0.05) is 12.0 Å². The summed E-state index contributed by atoms with van der Waals surface area (Å²) in [4.78, 5) is 25.2. The summed E-state index contributed by atoms with van der Waals surface area (Å²) < 4.78 is 91.1. The Bertz CT molecular complexity index is 1200. The van der Waals surface area contributed by atoms with Crippen molar-refractivity contribution < 1.29 is 50.1 Å². The minimum atomic E-state index is -4.68. The molecule has 0 spiro atoms. The Labute approximate surface area is 205 Å². The molecular weight excluding hydrogens is 512 g/mol. The van der Waals surface area contributed by atoms with E-state index in [-0.39, 0.29) is 36.3 Å². The number of halogens is 6. The number of ether oxygens (including phenoxy) is 3. The average molecular weight is 533 g/mol. The molecule has 6 rings (SSSR count). The lowest BCUT2D eigenvalue weighted by molar-refractivity contribution is -0.324. The zero-order valence-corrected chi connectivity index (χ0v) is 19.1. The maximum atomic E-state index is 12.9. The van der Waals surface area contributed by atoms with Crippen molar-refractivity contribution in [3.05, 3.63) is 41.7 Å². The molecule has 1 aromatic carbocycles. The number of aromatic nitrogens is 2. The molecular formula is C23H21F6N3O5. The van der Waals surface area contributed by atoms with Crippen molar-refractivity contribution >= 4 is 11.7 Å². The standard InChI is InChI=1S/C23H21F6N3O5/c24-22(25,26)13-2-3-17-15(6-13)16(33)7-18(37-17)19(34)31-20-10-21(11-20,12-20)32-9-14(8-30-32)35-4-1-5-36-23(27,28)29/h2-3,6,8-9,18H,1,4-5,7,10-12H2,(H,31,34)/t18-,20?,21?/m1/s1. The number of rotatable bonds is 8. The predicted molar refractivity (Wildman–Crippen MR) is 112 cm³/mol. The van der Waals surface area contributed by atoms with Crippen LogP contribution < -0.4 is 14.8 Å². The van der Waals surface area contributed by atoms with Crippen molar-refractivity contribution in [1.82, 2.24) is 15.1 Å². The topological polar surface area (TPSA) is 91.7 Å². The number of alkyl halides is 6. The number of carbonyl (C=O) groups excluding carboxylic acids is 2. The van der Waals surface area contributed by atoms with Gasteiger partial charge in [0.2, 0.25) is 0 Å². The fourth-order valence-corrected chi connectivity index (χ4v) is 5.18. The van der Waals surface area contributed by atoms with Gasteiger partial charge in [-0.15, -0.1) is 13.2 Å². The molecule has 200 valence electrons. The molecule has 1 aliphatic heterocycles. The van der Waals surface area contributed by atoms with Crippen molar-refractivity contribution in [2.75, 3.05) is 13.2 Å². The molecule has 1 atom stereocenters. The number of hydrogen-bond acceptors (Lipinski definition) is 6. The van der Waals surface area contributed by atoms with Gasteiger partial charge >= 0.3 is 12.5 Å². The third-order valence-corrected chi connectivity index (χ3v) is 6.80. The Hall–Kier alpha value is -3.29. The van der Waals surface area contributed by atoms with Gasteiger partial charge in [0.25, 0.3) is 5.91 Å². The highest BCUT2D eigenvalue weighted by Gasteiger charge is 2.70. The van der Waals surface area contributed by atoms with Gasteiger partial charge in [-0.2, -0.15) is 18.3 Å². The number of carbonyl (C=O) groups is 2. The highest BCUT2D eigenvalue weighted by Crippen LogP contribution is 2.65. The van der Waals surface area contributed by atoms with Gasteiger partial charge in [0.05, 0.1) is 48.7 Å². The second-order valence-electron chi connectivity index (χ2n) is 9.58. The van der Waals surface area contributed by atoms with Crippen LogP contribution in [0.1, 0.15) is 48.0 Å². The van der Waals surface area contributed by atoms with Gasteiger partial charge in [-0.1, -0.05) is 0 Å². The predicted octanol–water partition coefficient (Wildman–Crippen LogP) is 3.99. The lowest BCUT2D eigenvalue weighted by Crippen LogP contribution is -2.79. The number of amides is 1. The second kappa shape index (κ2) is 8.64. The number of hydrogen-bond donors (Lipinski definition) is 1. The highest BCUT2D eigenvalue weighted by molar-refractivity contribution is 6.03. The van der Waals surface area contributed by atoms with E-state index < -0.39 is 48.0 Å². The van der Waals surface area contributed by atoms with Gasteiger partial charge in [-0.25, -0.2) is 0 Å². The van der Waals surface area contributed by atoms with E-state index in [0.717, 1.165) is 18.2 Å². The molecule has 14 heteroatoms. The monoisotopic (exact) mass is 533 g/mol. The van der Waals surface area contributed by atoms with Crippen LogP contribution in [0.15, 0.2) is 30.6 Å². The SMILES string of the molecule is O=C1C[C@H](C(=O)NC23CC(n4cc(OCCCOC(F)(F)F)cn4)(C2)C3)Oc2ccc(C(F)(F)F)cc21. The van der Waals surface area contributed by atoms with Crippen LogP contribution in [0.5, 0.6) is 11.5 Å². The summed E-state index contributed by atoms with van der Waals surface area (Å²) in [7, 11) is 0. The average Bonchev–Trinajstić information content (AvgIpc) is 3.21. The van der Waals surface area contributed by atoms with Crippen LogP contribution in [0, 0.1) is 0 Å². The number of ketones is 1. The molecule has 1 N–H and O–H groups in total. The van der Waals surface area contributed by atoms with E-state index in [1.54, 1.807) is 10.9 Å². The van der Waals surface area contributed by atoms with Gasteiger partial charge in [-0.3, -0.25) is 19.0 Å². The van der Waals surface area contributed by atoms with Crippen molar-refractivity contribution in [2.24, 2.45) is 0 Å². The first-order valence-corrected chi connectivity index (χ1v) is 11.4. The van der Waals surface area contributed by atoms with Crippen LogP contribution in [0.2, 0.25) is 0 Å². The number of nitrogens with zero attached hydrogens (tertiary/aromatic N) is 2. The van der Waals surface area contributed by atoms with E-state index in [0.29, 0.717) is 25.0 Å². The van der Waals surface area contributed by atoms with Crippen LogP contribution >= 0.6 is 0 Å². The quantitative estimate of drug-likeness (QED) is 0.408. The summed E-state index contributed by atoms with van der Waals surface area (Å²) >= 11 is 0. The van der Waals surface area contributed by atoms with E-state index in [2.05, 4.69) is 15.2 Å². The number of Topliss-reactive ketones (excluding diaryl/α,β-unsaturated/α-hetero) is 1. The summed E-state index contributed by atoms with van der Waals surface area (Å²) in [5, 5.41) is 7.17. The molecule has 2 bridgehead atoms. The molecule has 2 heterocycles. The number of benzene rings is 1. The molecule has 8 nitrogen and oxygen atoms in total. The zero-order chi connectivity index (χ0) is 26.6. The van der Waals surface area contributed by atoms with E-state index >= 15 is 0 Å². The summed E-state index contributed by atoms with van der Waals surface area (Å²) in [6, 6.07) is 2.58. The molecule has 37 heavy (non-hydrogen) atoms. The van der Waals surface area contributed by atoms with Crippen molar-refractivity contribution in [1.29, 1.82) is 0 Å². The van der Waals surface area contributed by atoms with Crippen LogP contribution in [0.4, 0.5) is 26.3 Å². The van der Waals surface area contributed by atoms with Crippen LogP contribution in [-0.4, -0.2) is 52.7 Å². The number of nitrogens with one attached hydrogen (secondary N) is 1. The second-order valence-corrected chi connectivity index (χ2v) is 9.58. The maximum Gasteiger partial charge on any atom is 0.522 e. The smallest absolute Gasteiger partial charge is 0.490 e. The van der Waals surface area contributed by atoms with Crippen LogP contribution in [0.3, 0.4) is 0 Å². The Morgan fingerprint density at radius 1 is 1.16 bits per heavy atom. The fraction of sp³-hybridized carbons (Fsp3) is 0.522. The van der Waals surface area contributed by atoms with Crippen molar-refractivity contribution in [3.63, 3.8) is 0 Å².